The molecule has 2 saturated heterocycles. The predicted octanol–water partition coefficient (Wildman–Crippen LogP) is 2.24. The van der Waals surface area contributed by atoms with E-state index in [0.717, 1.165) is 48.5 Å². The molecule has 2 rings (SSSR count). The molecule has 0 aromatic carbocycles. The third kappa shape index (κ3) is 9.25. The van der Waals surface area contributed by atoms with Gasteiger partial charge in [0, 0.05) is 0 Å². The quantitative estimate of drug-likeness (QED) is 0.378. The van der Waals surface area contributed by atoms with Crippen LogP contribution in [-0.2, 0) is 0 Å². The van der Waals surface area contributed by atoms with Gasteiger partial charge in [-0.2, -0.15) is 0 Å². The molecule has 0 amide bonds. The summed E-state index contributed by atoms with van der Waals surface area (Å²) < 4.78 is 1.06. The van der Waals surface area contributed by atoms with Crippen molar-refractivity contribution in [2.24, 2.45) is 11.8 Å². The lowest BCUT2D eigenvalue weighted by Gasteiger charge is -2.42. The molecule has 2 aliphatic rings. The van der Waals surface area contributed by atoms with Gasteiger partial charge in [-0.1, -0.05) is 32.1 Å². The molecule has 2 fully saturated rings. The number of quaternary nitrogens is 2. The maximum absolute atomic E-state index is 10.4. The van der Waals surface area contributed by atoms with Gasteiger partial charge in [-0.05, 0) is 57.3 Å². The van der Waals surface area contributed by atoms with Crippen LogP contribution in [-0.4, -0.2) is 73.7 Å². The van der Waals surface area contributed by atoms with Gasteiger partial charge < -0.3 is 19.6 Å². The molecule has 0 spiro atoms. The number of nitrogens with one attached hydrogen (secondary N) is 1. The average Bonchev–Trinajstić information content (AvgIpc) is 2.62. The van der Waals surface area contributed by atoms with Crippen molar-refractivity contribution in [2.45, 2.75) is 89.8 Å². The van der Waals surface area contributed by atoms with Crippen molar-refractivity contribution in [3.63, 3.8) is 0 Å². The molecule has 27 heavy (non-hydrogen) atoms. The van der Waals surface area contributed by atoms with Crippen molar-refractivity contribution in [1.29, 1.82) is 0 Å². The molecule has 0 aromatic rings. The highest BCUT2D eigenvalue weighted by Crippen LogP contribution is 2.28. The molecule has 2 aliphatic heterocycles. The van der Waals surface area contributed by atoms with E-state index in [-0.39, 0.29) is 12.2 Å². The summed E-state index contributed by atoms with van der Waals surface area (Å²) >= 11 is 0. The minimum atomic E-state index is -0.203. The molecule has 0 saturated carbocycles. The molecule has 4 nitrogen and oxygen atoms in total. The van der Waals surface area contributed by atoms with Crippen LogP contribution in [0.2, 0.25) is 0 Å². The average molecular weight is 385 g/mol. The molecule has 0 aliphatic carbocycles. The highest BCUT2D eigenvalue weighted by Gasteiger charge is 2.31. The molecule has 2 unspecified atom stereocenters. The van der Waals surface area contributed by atoms with Gasteiger partial charge in [0.15, 0.2) is 0 Å². The van der Waals surface area contributed by atoms with E-state index in [0.29, 0.717) is 0 Å². The first-order valence-electron chi connectivity index (χ1n) is 11.9. The fraction of sp³-hybridized carbons (Fsp3) is 1.00. The number of hydrogen-bond acceptors (Lipinski definition) is 2. The SMILES string of the molecule is CC(O)CCCCC(O)C[N+]1(C)CCC(CCCC2CC[NH+](C)CC2)CC1. The van der Waals surface area contributed by atoms with Gasteiger partial charge in [-0.25, -0.2) is 0 Å². The van der Waals surface area contributed by atoms with Crippen molar-refractivity contribution in [3.05, 3.63) is 0 Å². The summed E-state index contributed by atoms with van der Waals surface area (Å²) in [6.45, 7) is 8.01. The zero-order valence-electron chi connectivity index (χ0n) is 18.5. The molecule has 3 N–H and O–H groups in total. The van der Waals surface area contributed by atoms with E-state index in [1.54, 1.807) is 4.90 Å². The van der Waals surface area contributed by atoms with Crippen LogP contribution in [0.5, 0.6) is 0 Å². The van der Waals surface area contributed by atoms with Gasteiger partial charge >= 0.3 is 0 Å². The first kappa shape index (κ1) is 23.1. The highest BCUT2D eigenvalue weighted by atomic mass is 16.3. The lowest BCUT2D eigenvalue weighted by molar-refractivity contribution is -0.918. The Labute approximate surface area is 168 Å². The van der Waals surface area contributed by atoms with Crippen LogP contribution in [0.3, 0.4) is 0 Å². The molecule has 0 radical (unpaired) electrons. The Balaban J connectivity index is 1.55. The Morgan fingerprint density at radius 2 is 1.44 bits per heavy atom. The smallest absolute Gasteiger partial charge is 0.105 e. The predicted molar refractivity (Wildman–Crippen MR) is 113 cm³/mol. The summed E-state index contributed by atoms with van der Waals surface area (Å²) in [6.07, 6.45) is 13.4. The van der Waals surface area contributed by atoms with Crippen LogP contribution in [0.15, 0.2) is 0 Å². The number of nitrogens with zero attached hydrogens (tertiary/aromatic N) is 1. The third-order valence-corrected chi connectivity index (χ3v) is 7.40. The van der Waals surface area contributed by atoms with Gasteiger partial charge in [-0.3, -0.25) is 0 Å². The zero-order valence-corrected chi connectivity index (χ0v) is 18.5. The minimum absolute atomic E-state index is 0.174. The molecule has 0 bridgehead atoms. The van der Waals surface area contributed by atoms with Crippen LogP contribution in [0.4, 0.5) is 0 Å². The standard InChI is InChI=1S/C23H47N2O2/c1-20(26)7-4-5-10-23(27)19-25(3)17-13-22(14-18-25)9-6-8-21-11-15-24(2)16-12-21/h20-23,26-27H,4-19H2,1-3H3/q+1/p+1. The normalized spacial score (nSPS) is 34.3. The van der Waals surface area contributed by atoms with Crippen LogP contribution >= 0.6 is 0 Å². The fourth-order valence-electron chi connectivity index (χ4n) is 5.29. The van der Waals surface area contributed by atoms with Gasteiger partial charge in [0.25, 0.3) is 0 Å². The Bertz CT molecular complexity index is 386. The number of aliphatic hydroxyl groups excluding tert-OH is 2. The number of likely N-dealkylation sites (tertiary alicyclic amines) is 2. The Hall–Kier alpha value is -0.160. The van der Waals surface area contributed by atoms with Crippen molar-refractivity contribution in [1.82, 2.24) is 0 Å². The minimum Gasteiger partial charge on any atom is -0.393 e. The van der Waals surface area contributed by atoms with Crippen molar-refractivity contribution < 1.29 is 19.6 Å². The molecular weight excluding hydrogens is 336 g/mol. The van der Waals surface area contributed by atoms with E-state index < -0.39 is 0 Å². The summed E-state index contributed by atoms with van der Waals surface area (Å²) in [6, 6.07) is 0. The zero-order chi connectivity index (χ0) is 19.7. The first-order chi connectivity index (χ1) is 12.9. The molecule has 0 aromatic heterocycles. The van der Waals surface area contributed by atoms with Crippen LogP contribution in [0.25, 0.3) is 0 Å². The van der Waals surface area contributed by atoms with E-state index in [2.05, 4.69) is 14.1 Å². The Morgan fingerprint density at radius 3 is 2.04 bits per heavy atom. The highest BCUT2D eigenvalue weighted by molar-refractivity contribution is 4.69. The summed E-state index contributed by atoms with van der Waals surface area (Å²) in [5, 5.41) is 19.7. The van der Waals surface area contributed by atoms with Crippen molar-refractivity contribution in [3.8, 4) is 0 Å². The number of piperidine rings is 2. The fourth-order valence-corrected chi connectivity index (χ4v) is 5.29. The van der Waals surface area contributed by atoms with E-state index in [9.17, 15) is 10.2 Å². The van der Waals surface area contributed by atoms with Gasteiger partial charge in [0.1, 0.15) is 12.6 Å². The molecule has 2 heterocycles. The Kier molecular flexibility index (Phi) is 10.1. The number of rotatable bonds is 11. The molecule has 2 atom stereocenters. The van der Waals surface area contributed by atoms with Crippen LogP contribution in [0.1, 0.15) is 77.6 Å². The first-order valence-corrected chi connectivity index (χ1v) is 11.9. The van der Waals surface area contributed by atoms with E-state index in [1.165, 1.54) is 71.1 Å². The maximum Gasteiger partial charge on any atom is 0.105 e. The van der Waals surface area contributed by atoms with Crippen LogP contribution < -0.4 is 4.90 Å². The second kappa shape index (κ2) is 11.7. The molecule has 4 heteroatoms. The number of aliphatic hydroxyl groups is 2. The summed E-state index contributed by atoms with van der Waals surface area (Å²) in [4.78, 5) is 1.72. The maximum atomic E-state index is 10.4. The second-order valence-corrected chi connectivity index (χ2v) is 10.3. The largest absolute Gasteiger partial charge is 0.393 e. The van der Waals surface area contributed by atoms with Crippen molar-refractivity contribution in [2.75, 3.05) is 46.8 Å². The summed E-state index contributed by atoms with van der Waals surface area (Å²) in [5.41, 5.74) is 0. The molecular formula is C23H48N2O2+2. The number of likely N-dealkylation sites (N-methyl/N-ethyl adjacent to an activating group) is 1. The summed E-state index contributed by atoms with van der Waals surface area (Å²) in [5.74, 6) is 1.93. The van der Waals surface area contributed by atoms with Gasteiger partial charge in [-0.15, -0.1) is 0 Å². The van der Waals surface area contributed by atoms with Crippen molar-refractivity contribution >= 4 is 0 Å². The van der Waals surface area contributed by atoms with E-state index >= 15 is 0 Å². The molecule has 160 valence electrons. The lowest BCUT2D eigenvalue weighted by atomic mass is 9.86. The number of hydrogen-bond donors (Lipinski definition) is 3. The van der Waals surface area contributed by atoms with E-state index in [1.807, 2.05) is 6.92 Å². The number of unbranched alkanes of at least 4 members (excludes halogenated alkanes) is 1. The topological polar surface area (TPSA) is 44.9 Å². The van der Waals surface area contributed by atoms with E-state index in [4.69, 9.17) is 0 Å². The summed E-state index contributed by atoms with van der Waals surface area (Å²) in [7, 11) is 4.68. The van der Waals surface area contributed by atoms with Crippen LogP contribution in [0, 0.1) is 11.8 Å². The second-order valence-electron chi connectivity index (χ2n) is 10.3. The lowest BCUT2D eigenvalue weighted by Crippen LogP contribution is -3.10. The monoisotopic (exact) mass is 384 g/mol. The van der Waals surface area contributed by atoms with Gasteiger partial charge in [0.2, 0.25) is 0 Å². The Morgan fingerprint density at radius 1 is 0.889 bits per heavy atom. The van der Waals surface area contributed by atoms with Gasteiger partial charge in [0.05, 0.1) is 46.4 Å². The third-order valence-electron chi connectivity index (χ3n) is 7.40.